The summed E-state index contributed by atoms with van der Waals surface area (Å²) in [6.45, 7) is 1.82. The molecular formula is C28H31NO7. The molecule has 1 aliphatic heterocycles. The fraction of sp³-hybridized carbons (Fsp3) is 0.357. The van der Waals surface area contributed by atoms with Crippen LogP contribution in [0.1, 0.15) is 42.7 Å². The molecule has 1 heterocycles. The molecule has 8 nitrogen and oxygen atoms in total. The number of benzene rings is 2. The molecular weight excluding hydrogens is 462 g/mol. The molecule has 8 heteroatoms. The molecule has 0 fully saturated rings. The first kappa shape index (κ1) is 25.2. The van der Waals surface area contributed by atoms with Crippen LogP contribution in [0, 0.1) is 0 Å². The highest BCUT2D eigenvalue weighted by Crippen LogP contribution is 2.48. The summed E-state index contributed by atoms with van der Waals surface area (Å²) in [5.74, 6) is 1.12. The highest BCUT2D eigenvalue weighted by molar-refractivity contribution is 6.04. The topological polar surface area (TPSA) is 92.3 Å². The summed E-state index contributed by atoms with van der Waals surface area (Å²) in [6.07, 6.45) is 0.872. The van der Waals surface area contributed by atoms with Crippen LogP contribution < -0.4 is 24.3 Å². The van der Waals surface area contributed by atoms with Crippen LogP contribution in [0.4, 0.5) is 0 Å². The van der Waals surface area contributed by atoms with Gasteiger partial charge in [-0.3, -0.25) is 4.79 Å². The van der Waals surface area contributed by atoms with Gasteiger partial charge in [0.15, 0.2) is 17.3 Å². The van der Waals surface area contributed by atoms with Crippen LogP contribution in [0.3, 0.4) is 0 Å². The van der Waals surface area contributed by atoms with E-state index in [9.17, 15) is 9.59 Å². The number of ketones is 1. The molecule has 2 aromatic rings. The maximum atomic E-state index is 13.8. The molecule has 0 saturated heterocycles. The molecule has 2 aliphatic rings. The first-order valence-electron chi connectivity index (χ1n) is 11.6. The number of nitrogens with one attached hydrogen (secondary N) is 1. The molecule has 1 N–H and O–H groups in total. The Balaban J connectivity index is 1.84. The van der Waals surface area contributed by atoms with Crippen molar-refractivity contribution in [3.63, 3.8) is 0 Å². The standard InChI is InChI=1S/C28H31NO7/c1-15-25(28(31)36-6)26(19-14-18(32-2)8-10-22(19)33-3)27-20(29-15)11-17(12-21(27)30)16-7-9-23(34-4)24(13-16)35-5/h7-10,13-14,17,26,29H,11-12H2,1-6H3/t17-,26-/m0/s1. The number of allylic oxidation sites excluding steroid dienone is 3. The van der Waals surface area contributed by atoms with Gasteiger partial charge in [-0.1, -0.05) is 6.07 Å². The second kappa shape index (κ2) is 10.4. The van der Waals surface area contributed by atoms with Gasteiger partial charge in [0.2, 0.25) is 0 Å². The molecule has 1 aliphatic carbocycles. The van der Waals surface area contributed by atoms with Crippen LogP contribution in [-0.4, -0.2) is 47.3 Å². The van der Waals surface area contributed by atoms with Gasteiger partial charge in [-0.25, -0.2) is 4.79 Å². The van der Waals surface area contributed by atoms with E-state index >= 15 is 0 Å². The van der Waals surface area contributed by atoms with E-state index in [2.05, 4.69) is 5.32 Å². The number of dihydropyridines is 1. The zero-order valence-electron chi connectivity index (χ0n) is 21.4. The Morgan fingerprint density at radius 2 is 1.56 bits per heavy atom. The summed E-state index contributed by atoms with van der Waals surface area (Å²) in [5, 5.41) is 3.34. The SMILES string of the molecule is COC(=O)C1=C(C)NC2=C(C(=O)C[C@@H](c3ccc(OC)c(OC)c3)C2)[C@H]1c1cc(OC)ccc1OC. The molecule has 4 rings (SSSR count). The van der Waals surface area contributed by atoms with Crippen LogP contribution in [-0.2, 0) is 14.3 Å². The van der Waals surface area contributed by atoms with Crippen molar-refractivity contribution in [1.29, 1.82) is 0 Å². The van der Waals surface area contributed by atoms with Crippen LogP contribution >= 0.6 is 0 Å². The Labute approximate surface area is 210 Å². The van der Waals surface area contributed by atoms with Crippen molar-refractivity contribution in [3.8, 4) is 23.0 Å². The van der Waals surface area contributed by atoms with E-state index < -0.39 is 11.9 Å². The summed E-state index contributed by atoms with van der Waals surface area (Å²) in [4.78, 5) is 26.8. The van der Waals surface area contributed by atoms with Crippen molar-refractivity contribution in [2.24, 2.45) is 0 Å². The number of methoxy groups -OCH3 is 5. The number of Topliss-reactive ketones (excluding diaryl/α,β-unsaturated/α-hetero) is 1. The lowest BCUT2D eigenvalue weighted by Gasteiger charge is -2.37. The van der Waals surface area contributed by atoms with E-state index in [1.165, 1.54) is 7.11 Å². The molecule has 0 aromatic heterocycles. The quantitative estimate of drug-likeness (QED) is 0.572. The summed E-state index contributed by atoms with van der Waals surface area (Å²) >= 11 is 0. The van der Waals surface area contributed by atoms with Crippen molar-refractivity contribution in [1.82, 2.24) is 5.32 Å². The number of hydrogen-bond acceptors (Lipinski definition) is 8. The number of carbonyl (C=O) groups is 2. The van der Waals surface area contributed by atoms with E-state index in [1.54, 1.807) is 40.6 Å². The van der Waals surface area contributed by atoms with Crippen molar-refractivity contribution >= 4 is 11.8 Å². The van der Waals surface area contributed by atoms with Gasteiger partial charge in [0.05, 0.1) is 47.0 Å². The molecule has 0 radical (unpaired) electrons. The highest BCUT2D eigenvalue weighted by Gasteiger charge is 2.42. The monoisotopic (exact) mass is 493 g/mol. The van der Waals surface area contributed by atoms with E-state index in [4.69, 9.17) is 23.7 Å². The summed E-state index contributed by atoms with van der Waals surface area (Å²) < 4.78 is 27.0. The first-order chi connectivity index (χ1) is 17.4. The van der Waals surface area contributed by atoms with Gasteiger partial charge in [0.1, 0.15) is 11.5 Å². The molecule has 2 aromatic carbocycles. The predicted molar refractivity (Wildman–Crippen MR) is 134 cm³/mol. The lowest BCUT2D eigenvalue weighted by atomic mass is 9.71. The zero-order valence-corrected chi connectivity index (χ0v) is 21.4. The van der Waals surface area contributed by atoms with Crippen molar-refractivity contribution in [2.75, 3.05) is 35.5 Å². The third-order valence-corrected chi connectivity index (χ3v) is 6.86. The predicted octanol–water partition coefficient (Wildman–Crippen LogP) is 4.26. The van der Waals surface area contributed by atoms with Crippen LogP contribution in [0.2, 0.25) is 0 Å². The molecule has 2 atom stereocenters. The Morgan fingerprint density at radius 3 is 2.19 bits per heavy atom. The van der Waals surface area contributed by atoms with Gasteiger partial charge in [-0.2, -0.15) is 0 Å². The average Bonchev–Trinajstić information content (AvgIpc) is 2.90. The molecule has 0 amide bonds. The first-order valence-corrected chi connectivity index (χ1v) is 11.6. The molecule has 0 saturated carbocycles. The number of rotatable bonds is 7. The average molecular weight is 494 g/mol. The number of ether oxygens (including phenoxy) is 5. The Kier molecular flexibility index (Phi) is 7.24. The summed E-state index contributed by atoms with van der Waals surface area (Å²) in [6, 6.07) is 11.1. The minimum atomic E-state index is -0.655. The largest absolute Gasteiger partial charge is 0.497 e. The third-order valence-electron chi connectivity index (χ3n) is 6.86. The molecule has 190 valence electrons. The summed E-state index contributed by atoms with van der Waals surface area (Å²) in [5.41, 5.74) is 3.99. The number of carbonyl (C=O) groups excluding carboxylic acids is 2. The summed E-state index contributed by atoms with van der Waals surface area (Å²) in [7, 11) is 7.64. The number of esters is 1. The van der Waals surface area contributed by atoms with Gasteiger partial charge in [-0.15, -0.1) is 0 Å². The Hall–Kier alpha value is -3.94. The fourth-order valence-electron chi connectivity index (χ4n) is 5.14. The van der Waals surface area contributed by atoms with Gasteiger partial charge in [0.25, 0.3) is 0 Å². The number of hydrogen-bond donors (Lipinski definition) is 1. The van der Waals surface area contributed by atoms with Crippen LogP contribution in [0.25, 0.3) is 0 Å². The van der Waals surface area contributed by atoms with E-state index in [0.717, 1.165) is 11.3 Å². The highest BCUT2D eigenvalue weighted by atomic mass is 16.5. The van der Waals surface area contributed by atoms with E-state index in [-0.39, 0.29) is 18.1 Å². The van der Waals surface area contributed by atoms with Crippen molar-refractivity contribution < 1.29 is 33.3 Å². The normalized spacial score (nSPS) is 19.3. The Bertz CT molecular complexity index is 1260. The molecule has 36 heavy (non-hydrogen) atoms. The van der Waals surface area contributed by atoms with Gasteiger partial charge in [-0.05, 0) is 55.2 Å². The smallest absolute Gasteiger partial charge is 0.336 e. The molecule has 0 unspecified atom stereocenters. The van der Waals surface area contributed by atoms with E-state index in [0.29, 0.717) is 51.8 Å². The Morgan fingerprint density at radius 1 is 0.861 bits per heavy atom. The molecule has 0 bridgehead atoms. The van der Waals surface area contributed by atoms with Gasteiger partial charge < -0.3 is 29.0 Å². The lowest BCUT2D eigenvalue weighted by Crippen LogP contribution is -2.36. The maximum Gasteiger partial charge on any atom is 0.336 e. The second-order valence-electron chi connectivity index (χ2n) is 8.73. The zero-order chi connectivity index (χ0) is 26.0. The maximum absolute atomic E-state index is 13.8. The fourth-order valence-corrected chi connectivity index (χ4v) is 5.14. The van der Waals surface area contributed by atoms with Gasteiger partial charge in [0, 0.05) is 29.0 Å². The van der Waals surface area contributed by atoms with Crippen LogP contribution in [0.15, 0.2) is 58.9 Å². The van der Waals surface area contributed by atoms with E-state index in [1.807, 2.05) is 31.2 Å². The minimum Gasteiger partial charge on any atom is -0.497 e. The lowest BCUT2D eigenvalue weighted by molar-refractivity contribution is -0.136. The molecule has 0 spiro atoms. The van der Waals surface area contributed by atoms with Crippen molar-refractivity contribution in [2.45, 2.75) is 31.6 Å². The van der Waals surface area contributed by atoms with Gasteiger partial charge >= 0.3 is 5.97 Å². The van der Waals surface area contributed by atoms with Crippen molar-refractivity contribution in [3.05, 3.63) is 70.1 Å². The van der Waals surface area contributed by atoms with Crippen LogP contribution in [0.5, 0.6) is 23.0 Å². The minimum absolute atomic E-state index is 0.0488. The third kappa shape index (κ3) is 4.39. The second-order valence-corrected chi connectivity index (χ2v) is 8.73.